The van der Waals surface area contributed by atoms with E-state index >= 15 is 0 Å². The van der Waals surface area contributed by atoms with Gasteiger partial charge in [-0.15, -0.1) is 0 Å². The normalized spacial score (nSPS) is 18.4. The van der Waals surface area contributed by atoms with Gasteiger partial charge in [-0.3, -0.25) is 0 Å². The van der Waals surface area contributed by atoms with Crippen molar-refractivity contribution in [2.75, 3.05) is 0 Å². The molecule has 1 nitrogen and oxygen atoms in total. The topological polar surface area (TPSA) is 26.0 Å². The maximum absolute atomic E-state index is 13.5. The van der Waals surface area contributed by atoms with E-state index < -0.39 is 0 Å². The van der Waals surface area contributed by atoms with Crippen LogP contribution in [0, 0.1) is 5.82 Å². The Balaban J connectivity index is 2.03. The van der Waals surface area contributed by atoms with Gasteiger partial charge in [-0.2, -0.15) is 0 Å². The summed E-state index contributed by atoms with van der Waals surface area (Å²) in [6.07, 6.45) is 8.84. The third-order valence-electron chi connectivity index (χ3n) is 3.45. The Morgan fingerprint density at radius 1 is 1.18 bits per heavy atom. The Labute approximate surface area is 103 Å². The van der Waals surface area contributed by atoms with Gasteiger partial charge >= 0.3 is 0 Å². The first-order valence-corrected chi connectivity index (χ1v) is 6.45. The Morgan fingerprint density at radius 2 is 2.00 bits per heavy atom. The van der Waals surface area contributed by atoms with Gasteiger partial charge < -0.3 is 5.73 Å². The van der Waals surface area contributed by atoms with Crippen LogP contribution < -0.4 is 5.73 Å². The Hall–Kier alpha value is -1.15. The molecule has 0 aliphatic heterocycles. The van der Waals surface area contributed by atoms with Gasteiger partial charge in [-0.25, -0.2) is 4.39 Å². The zero-order valence-corrected chi connectivity index (χ0v) is 10.2. The molecule has 0 saturated carbocycles. The van der Waals surface area contributed by atoms with E-state index in [2.05, 4.69) is 6.08 Å². The lowest BCUT2D eigenvalue weighted by Gasteiger charge is -2.15. The van der Waals surface area contributed by atoms with E-state index in [1.807, 2.05) is 12.1 Å². The molecule has 1 aliphatic carbocycles. The van der Waals surface area contributed by atoms with Crippen LogP contribution in [0.3, 0.4) is 0 Å². The first-order valence-electron chi connectivity index (χ1n) is 6.45. The van der Waals surface area contributed by atoms with Crippen molar-refractivity contribution in [2.45, 2.75) is 44.6 Å². The molecule has 1 atom stereocenters. The highest BCUT2D eigenvalue weighted by Crippen LogP contribution is 2.21. The number of halogens is 1. The van der Waals surface area contributed by atoms with Gasteiger partial charge in [0.25, 0.3) is 0 Å². The van der Waals surface area contributed by atoms with E-state index in [9.17, 15) is 4.39 Å². The molecule has 17 heavy (non-hydrogen) atoms. The van der Waals surface area contributed by atoms with Crippen molar-refractivity contribution in [3.8, 4) is 0 Å². The van der Waals surface area contributed by atoms with E-state index in [1.54, 1.807) is 6.07 Å². The lowest BCUT2D eigenvalue weighted by atomic mass is 9.96. The van der Waals surface area contributed by atoms with Gasteiger partial charge in [0, 0.05) is 6.04 Å². The summed E-state index contributed by atoms with van der Waals surface area (Å²) in [5.74, 6) is -0.142. The van der Waals surface area contributed by atoms with Crippen LogP contribution in [-0.4, -0.2) is 6.04 Å². The van der Waals surface area contributed by atoms with Crippen LogP contribution in [0.2, 0.25) is 0 Å². The molecule has 0 aromatic heterocycles. The second-order valence-corrected chi connectivity index (χ2v) is 4.78. The third kappa shape index (κ3) is 3.40. The van der Waals surface area contributed by atoms with Crippen LogP contribution in [0.5, 0.6) is 0 Å². The summed E-state index contributed by atoms with van der Waals surface area (Å²) < 4.78 is 13.5. The van der Waals surface area contributed by atoms with Crippen molar-refractivity contribution in [1.82, 2.24) is 0 Å². The quantitative estimate of drug-likeness (QED) is 0.793. The number of hydrogen-bond acceptors (Lipinski definition) is 1. The molecule has 2 rings (SSSR count). The first kappa shape index (κ1) is 12.3. The fourth-order valence-corrected chi connectivity index (χ4v) is 2.41. The molecule has 2 heteroatoms. The number of benzene rings is 1. The fraction of sp³-hybridized carbons (Fsp3) is 0.467. The zero-order chi connectivity index (χ0) is 12.1. The maximum Gasteiger partial charge on any atom is 0.126 e. The van der Waals surface area contributed by atoms with Gasteiger partial charge in [0.2, 0.25) is 0 Å². The molecule has 0 saturated heterocycles. The fourth-order valence-electron chi connectivity index (χ4n) is 2.41. The summed E-state index contributed by atoms with van der Waals surface area (Å²) in [6.45, 7) is 0. The summed E-state index contributed by atoms with van der Waals surface area (Å²) >= 11 is 0. The van der Waals surface area contributed by atoms with Gasteiger partial charge in [0.1, 0.15) is 5.82 Å². The van der Waals surface area contributed by atoms with E-state index in [1.165, 1.54) is 30.9 Å². The zero-order valence-electron chi connectivity index (χ0n) is 10.2. The lowest BCUT2D eigenvalue weighted by Crippen LogP contribution is -2.25. The monoisotopic (exact) mass is 233 g/mol. The SMILES string of the molecule is NC(Cc1ccccc1F)C1=CCCCCC1. The molecule has 0 spiro atoms. The lowest BCUT2D eigenvalue weighted by molar-refractivity contribution is 0.594. The predicted octanol–water partition coefficient (Wildman–Crippen LogP) is 3.59. The molecule has 1 aromatic rings. The van der Waals surface area contributed by atoms with Crippen molar-refractivity contribution in [3.05, 3.63) is 47.3 Å². The minimum absolute atomic E-state index is 0.0231. The molecule has 0 fully saturated rings. The van der Waals surface area contributed by atoms with Crippen molar-refractivity contribution in [2.24, 2.45) is 5.73 Å². The molecule has 1 unspecified atom stereocenters. The minimum atomic E-state index is -0.142. The van der Waals surface area contributed by atoms with Crippen molar-refractivity contribution in [3.63, 3.8) is 0 Å². The second-order valence-electron chi connectivity index (χ2n) is 4.78. The largest absolute Gasteiger partial charge is 0.324 e. The van der Waals surface area contributed by atoms with E-state index in [0.29, 0.717) is 6.42 Å². The second kappa shape index (κ2) is 5.97. The summed E-state index contributed by atoms with van der Waals surface area (Å²) in [7, 11) is 0. The van der Waals surface area contributed by atoms with Gasteiger partial charge in [-0.1, -0.05) is 36.3 Å². The molecular weight excluding hydrogens is 213 g/mol. The molecule has 92 valence electrons. The van der Waals surface area contributed by atoms with Crippen LogP contribution in [0.25, 0.3) is 0 Å². The number of nitrogens with two attached hydrogens (primary N) is 1. The van der Waals surface area contributed by atoms with Gasteiger partial charge in [0.05, 0.1) is 0 Å². The highest BCUT2D eigenvalue weighted by Gasteiger charge is 2.13. The molecule has 1 aromatic carbocycles. The maximum atomic E-state index is 13.5. The summed E-state index contributed by atoms with van der Waals surface area (Å²) in [4.78, 5) is 0. The molecule has 0 bridgehead atoms. The molecular formula is C15H20FN. The molecule has 2 N–H and O–H groups in total. The molecule has 0 amide bonds. The van der Waals surface area contributed by atoms with Crippen molar-refractivity contribution >= 4 is 0 Å². The van der Waals surface area contributed by atoms with Crippen molar-refractivity contribution in [1.29, 1.82) is 0 Å². The van der Waals surface area contributed by atoms with Crippen LogP contribution >= 0.6 is 0 Å². The Bertz CT molecular complexity index is 398. The molecule has 0 radical (unpaired) electrons. The van der Waals surface area contributed by atoms with E-state index in [0.717, 1.165) is 18.4 Å². The summed E-state index contributed by atoms with van der Waals surface area (Å²) in [6, 6.07) is 6.89. The van der Waals surface area contributed by atoms with Crippen LogP contribution in [0.15, 0.2) is 35.9 Å². The van der Waals surface area contributed by atoms with E-state index in [4.69, 9.17) is 5.73 Å². The molecule has 1 aliphatic rings. The average Bonchev–Trinajstić information content (AvgIpc) is 2.61. The third-order valence-corrected chi connectivity index (χ3v) is 3.45. The summed E-state index contributed by atoms with van der Waals surface area (Å²) in [5, 5.41) is 0. The number of rotatable bonds is 3. The first-order chi connectivity index (χ1) is 8.27. The smallest absolute Gasteiger partial charge is 0.126 e. The van der Waals surface area contributed by atoms with E-state index in [-0.39, 0.29) is 11.9 Å². The molecule has 0 heterocycles. The Kier molecular flexibility index (Phi) is 4.32. The van der Waals surface area contributed by atoms with Gasteiger partial charge in [-0.05, 0) is 43.7 Å². The van der Waals surface area contributed by atoms with Gasteiger partial charge in [0.15, 0.2) is 0 Å². The average molecular weight is 233 g/mol. The highest BCUT2D eigenvalue weighted by atomic mass is 19.1. The number of hydrogen-bond donors (Lipinski definition) is 1. The Morgan fingerprint density at radius 3 is 2.82 bits per heavy atom. The van der Waals surface area contributed by atoms with Crippen LogP contribution in [0.1, 0.15) is 37.7 Å². The number of allylic oxidation sites excluding steroid dienone is 1. The standard InChI is InChI=1S/C15H20FN/c16-14-10-6-5-9-13(14)11-15(17)12-7-3-1-2-4-8-12/h5-7,9-10,15H,1-4,8,11,17H2. The van der Waals surface area contributed by atoms with Crippen molar-refractivity contribution < 1.29 is 4.39 Å². The van der Waals surface area contributed by atoms with Crippen LogP contribution in [-0.2, 0) is 6.42 Å². The summed E-state index contributed by atoms with van der Waals surface area (Å²) in [5.41, 5.74) is 8.22. The minimum Gasteiger partial charge on any atom is -0.324 e. The predicted molar refractivity (Wildman–Crippen MR) is 69.2 cm³/mol. The van der Waals surface area contributed by atoms with Crippen LogP contribution in [0.4, 0.5) is 4.39 Å². The highest BCUT2D eigenvalue weighted by molar-refractivity contribution is 5.22.